The Bertz CT molecular complexity index is 384. The normalized spacial score (nSPS) is 27.4. The number of hydrogen-bond acceptors (Lipinski definition) is 3. The number of carbonyl (C=O) groups excluding carboxylic acids is 2. The van der Waals surface area contributed by atoms with Gasteiger partial charge in [-0.15, -0.1) is 0 Å². The van der Waals surface area contributed by atoms with Crippen molar-refractivity contribution < 1.29 is 13.8 Å². The molecule has 1 saturated heterocycles. The molecule has 1 N–H and O–H groups in total. The van der Waals surface area contributed by atoms with Crippen molar-refractivity contribution in [2.45, 2.75) is 52.2 Å². The van der Waals surface area contributed by atoms with Gasteiger partial charge in [0.25, 0.3) is 0 Å². The molecule has 0 spiro atoms. The number of carbonyl (C=O) groups is 2. The number of amides is 2. The quantitative estimate of drug-likeness (QED) is 0.802. The van der Waals surface area contributed by atoms with Crippen LogP contribution in [0.25, 0.3) is 0 Å². The zero-order valence-corrected chi connectivity index (χ0v) is 13.1. The molecule has 4 atom stereocenters. The third-order valence-electron chi connectivity index (χ3n) is 3.32. The van der Waals surface area contributed by atoms with Crippen molar-refractivity contribution in [1.29, 1.82) is 0 Å². The fourth-order valence-corrected chi connectivity index (χ4v) is 3.34. The Morgan fingerprint density at radius 1 is 1.32 bits per heavy atom. The van der Waals surface area contributed by atoms with E-state index in [4.69, 9.17) is 0 Å². The third-order valence-corrected chi connectivity index (χ3v) is 4.28. The second-order valence-electron chi connectivity index (χ2n) is 5.70. The molecule has 2 amide bonds. The Hall–Kier alpha value is -0.910. The largest absolute Gasteiger partial charge is 0.343 e. The molecule has 0 radical (unpaired) electrons. The fraction of sp³-hybridized carbons (Fsp3) is 0.846. The summed E-state index contributed by atoms with van der Waals surface area (Å²) in [7, 11) is -0.986. The number of hydrogen-bond donors (Lipinski definition) is 1. The van der Waals surface area contributed by atoms with E-state index in [0.717, 1.165) is 0 Å². The number of piperazine rings is 1. The Balaban J connectivity index is 2.89. The summed E-state index contributed by atoms with van der Waals surface area (Å²) >= 11 is 0. The lowest BCUT2D eigenvalue weighted by Crippen LogP contribution is -2.65. The van der Waals surface area contributed by atoms with E-state index in [-0.39, 0.29) is 17.9 Å². The van der Waals surface area contributed by atoms with Gasteiger partial charge in [-0.3, -0.25) is 13.8 Å². The molecule has 0 aliphatic carbocycles. The first-order chi connectivity index (χ1) is 8.73. The second-order valence-corrected chi connectivity index (χ2v) is 7.18. The third kappa shape index (κ3) is 4.03. The molecule has 1 fully saturated rings. The lowest BCUT2D eigenvalue weighted by molar-refractivity contribution is -0.151. The summed E-state index contributed by atoms with van der Waals surface area (Å²) in [6, 6.07) is -1.13. The maximum Gasteiger partial charge on any atom is 0.246 e. The summed E-state index contributed by atoms with van der Waals surface area (Å²) in [6.45, 7) is 7.60. The molecular formula is C13H24N2O3S. The molecule has 1 rings (SSSR count). The molecule has 5 nitrogen and oxygen atoms in total. The molecular weight excluding hydrogens is 264 g/mol. The van der Waals surface area contributed by atoms with Crippen molar-refractivity contribution in [3.8, 4) is 0 Å². The lowest BCUT2D eigenvalue weighted by atomic mass is 9.98. The Kier molecular flexibility index (Phi) is 5.52. The topological polar surface area (TPSA) is 66.5 Å². The highest BCUT2D eigenvalue weighted by Crippen LogP contribution is 2.18. The molecule has 0 aromatic carbocycles. The van der Waals surface area contributed by atoms with Gasteiger partial charge in [0.15, 0.2) is 0 Å². The monoisotopic (exact) mass is 288 g/mol. The first-order valence-electron chi connectivity index (χ1n) is 6.66. The van der Waals surface area contributed by atoms with Crippen molar-refractivity contribution in [1.82, 2.24) is 10.2 Å². The van der Waals surface area contributed by atoms with Gasteiger partial charge in [0.05, 0.1) is 0 Å². The Morgan fingerprint density at radius 2 is 1.89 bits per heavy atom. The van der Waals surface area contributed by atoms with Crippen LogP contribution in [-0.4, -0.2) is 51.1 Å². The van der Waals surface area contributed by atoms with E-state index in [1.165, 1.54) is 0 Å². The standard InChI is InChI=1S/C13H24N2O3S/c1-8(2)6-11-13(17)15(9(3)7-19(5)18)10(4)12(16)14-11/h8-11H,6-7H2,1-5H3,(H,14,16). The summed E-state index contributed by atoms with van der Waals surface area (Å²) < 4.78 is 11.3. The summed E-state index contributed by atoms with van der Waals surface area (Å²) in [5, 5.41) is 2.78. The van der Waals surface area contributed by atoms with E-state index >= 15 is 0 Å². The fourth-order valence-electron chi connectivity index (χ4n) is 2.50. The molecule has 0 saturated carbocycles. The highest BCUT2D eigenvalue weighted by atomic mass is 32.2. The van der Waals surface area contributed by atoms with E-state index in [9.17, 15) is 13.8 Å². The maximum absolute atomic E-state index is 12.5. The molecule has 0 aromatic rings. The number of nitrogens with one attached hydrogen (secondary N) is 1. The first kappa shape index (κ1) is 16.1. The van der Waals surface area contributed by atoms with Crippen LogP contribution in [0.2, 0.25) is 0 Å². The van der Waals surface area contributed by atoms with Crippen LogP contribution in [0.1, 0.15) is 34.1 Å². The van der Waals surface area contributed by atoms with Gasteiger partial charge >= 0.3 is 0 Å². The van der Waals surface area contributed by atoms with Gasteiger partial charge in [0.1, 0.15) is 12.1 Å². The molecule has 0 bridgehead atoms. The van der Waals surface area contributed by atoms with Crippen molar-refractivity contribution in [3.63, 3.8) is 0 Å². The van der Waals surface area contributed by atoms with Crippen LogP contribution in [0.4, 0.5) is 0 Å². The van der Waals surface area contributed by atoms with Gasteiger partial charge in [-0.25, -0.2) is 0 Å². The van der Waals surface area contributed by atoms with Gasteiger partial charge in [0.2, 0.25) is 11.8 Å². The van der Waals surface area contributed by atoms with Crippen LogP contribution in [0.5, 0.6) is 0 Å². The van der Waals surface area contributed by atoms with E-state index < -0.39 is 22.9 Å². The molecule has 1 aliphatic heterocycles. The smallest absolute Gasteiger partial charge is 0.246 e. The molecule has 1 heterocycles. The van der Waals surface area contributed by atoms with Crippen molar-refractivity contribution >= 4 is 22.6 Å². The van der Waals surface area contributed by atoms with Gasteiger partial charge in [-0.2, -0.15) is 0 Å². The summed E-state index contributed by atoms with van der Waals surface area (Å²) in [6.07, 6.45) is 2.25. The molecule has 110 valence electrons. The van der Waals surface area contributed by atoms with Crippen molar-refractivity contribution in [2.24, 2.45) is 5.92 Å². The number of nitrogens with zero attached hydrogens (tertiary/aromatic N) is 1. The van der Waals surface area contributed by atoms with Crippen LogP contribution in [0.3, 0.4) is 0 Å². The van der Waals surface area contributed by atoms with Gasteiger partial charge in [-0.1, -0.05) is 13.8 Å². The summed E-state index contributed by atoms with van der Waals surface area (Å²) in [5.74, 6) is 0.551. The van der Waals surface area contributed by atoms with Crippen LogP contribution in [0, 0.1) is 5.92 Å². The zero-order valence-electron chi connectivity index (χ0n) is 12.3. The predicted octanol–water partition coefficient (Wildman–Crippen LogP) is 0.515. The molecule has 1 aliphatic rings. The lowest BCUT2D eigenvalue weighted by Gasteiger charge is -2.41. The molecule has 19 heavy (non-hydrogen) atoms. The number of rotatable bonds is 5. The van der Waals surface area contributed by atoms with Gasteiger partial charge in [-0.05, 0) is 26.2 Å². The highest BCUT2D eigenvalue weighted by Gasteiger charge is 2.40. The minimum atomic E-state index is -0.986. The molecule has 0 aromatic heterocycles. The van der Waals surface area contributed by atoms with Crippen LogP contribution in [-0.2, 0) is 20.4 Å². The maximum atomic E-state index is 12.5. The Morgan fingerprint density at radius 3 is 2.37 bits per heavy atom. The van der Waals surface area contributed by atoms with Gasteiger partial charge in [0, 0.05) is 28.9 Å². The average Bonchev–Trinajstić information content (AvgIpc) is 2.24. The van der Waals surface area contributed by atoms with Crippen LogP contribution in [0.15, 0.2) is 0 Å². The van der Waals surface area contributed by atoms with Crippen LogP contribution >= 0.6 is 0 Å². The minimum absolute atomic E-state index is 0.0567. The van der Waals surface area contributed by atoms with E-state index in [2.05, 4.69) is 5.32 Å². The first-order valence-corrected chi connectivity index (χ1v) is 8.39. The van der Waals surface area contributed by atoms with E-state index in [1.807, 2.05) is 20.8 Å². The van der Waals surface area contributed by atoms with Crippen molar-refractivity contribution in [3.05, 3.63) is 0 Å². The summed E-state index contributed by atoms with van der Waals surface area (Å²) in [5.41, 5.74) is 0. The Labute approximate surface area is 117 Å². The predicted molar refractivity (Wildman–Crippen MR) is 76.1 cm³/mol. The molecule has 4 unspecified atom stereocenters. The highest BCUT2D eigenvalue weighted by molar-refractivity contribution is 7.84. The zero-order chi connectivity index (χ0) is 14.7. The molecule has 6 heteroatoms. The second kappa shape index (κ2) is 6.50. The van der Waals surface area contributed by atoms with Gasteiger partial charge < -0.3 is 10.2 Å². The van der Waals surface area contributed by atoms with Crippen LogP contribution < -0.4 is 5.32 Å². The minimum Gasteiger partial charge on any atom is -0.343 e. The van der Waals surface area contributed by atoms with E-state index in [1.54, 1.807) is 18.1 Å². The van der Waals surface area contributed by atoms with E-state index in [0.29, 0.717) is 18.1 Å². The average molecular weight is 288 g/mol. The van der Waals surface area contributed by atoms with Crippen molar-refractivity contribution in [2.75, 3.05) is 12.0 Å². The SMILES string of the molecule is CC(C)CC1NC(=O)C(C)N(C(C)CS(C)=O)C1=O. The summed E-state index contributed by atoms with van der Waals surface area (Å²) in [4.78, 5) is 26.0.